The molecule has 1 aliphatic heterocycles. The fraction of sp³-hybridized carbons (Fsp3) is 0.258. The Bertz CT molecular complexity index is 1830. The van der Waals surface area contributed by atoms with Crippen LogP contribution in [0.3, 0.4) is 0 Å². The molecule has 0 unspecified atom stereocenters. The van der Waals surface area contributed by atoms with E-state index in [1.165, 1.54) is 22.8 Å². The molecule has 41 heavy (non-hydrogen) atoms. The number of alkyl halides is 3. The normalized spacial score (nSPS) is 15.7. The molecule has 0 aliphatic carbocycles. The third kappa shape index (κ3) is 5.56. The van der Waals surface area contributed by atoms with Crippen molar-refractivity contribution in [3.8, 4) is 11.3 Å². The highest BCUT2D eigenvalue weighted by Crippen LogP contribution is 2.33. The predicted octanol–water partition coefficient (Wildman–Crippen LogP) is 6.20. The zero-order valence-corrected chi connectivity index (χ0v) is 23.6. The maximum Gasteiger partial charge on any atom is 0.416 e. The third-order valence-corrected chi connectivity index (χ3v) is 7.79. The molecule has 10 heteroatoms. The minimum atomic E-state index is -4.48. The molecule has 0 saturated heterocycles. The van der Waals surface area contributed by atoms with Gasteiger partial charge in [-0.2, -0.15) is 13.2 Å². The highest BCUT2D eigenvalue weighted by Gasteiger charge is 2.33. The molecule has 212 valence electrons. The van der Waals surface area contributed by atoms with Crippen LogP contribution in [0.25, 0.3) is 17.4 Å². The van der Waals surface area contributed by atoms with Gasteiger partial charge >= 0.3 is 12.1 Å². The van der Waals surface area contributed by atoms with E-state index in [0.717, 1.165) is 34.6 Å². The smallest absolute Gasteiger partial charge is 0.416 e. The molecule has 1 atom stereocenters. The van der Waals surface area contributed by atoms with Crippen molar-refractivity contribution in [2.24, 2.45) is 4.99 Å². The molecule has 2 aromatic carbocycles. The molecule has 4 aromatic rings. The molecule has 0 bridgehead atoms. The molecule has 0 saturated carbocycles. The Balaban J connectivity index is 1.60. The van der Waals surface area contributed by atoms with Gasteiger partial charge in [0, 0.05) is 11.6 Å². The quantitative estimate of drug-likeness (QED) is 0.255. The van der Waals surface area contributed by atoms with Gasteiger partial charge < -0.3 is 9.15 Å². The van der Waals surface area contributed by atoms with E-state index in [4.69, 9.17) is 9.15 Å². The maximum absolute atomic E-state index is 13.8. The number of aromatic nitrogens is 1. The number of hydrogen-bond donors (Lipinski definition) is 0. The zero-order valence-electron chi connectivity index (χ0n) is 22.8. The van der Waals surface area contributed by atoms with E-state index in [1.54, 1.807) is 26.0 Å². The van der Waals surface area contributed by atoms with Crippen molar-refractivity contribution >= 4 is 23.4 Å². The Labute approximate surface area is 237 Å². The summed E-state index contributed by atoms with van der Waals surface area (Å²) in [5.74, 6) is 0.292. The first-order valence-corrected chi connectivity index (χ1v) is 13.9. The Kier molecular flexibility index (Phi) is 7.61. The number of rotatable bonds is 6. The van der Waals surface area contributed by atoms with E-state index >= 15 is 0 Å². The average Bonchev–Trinajstić information content (AvgIpc) is 3.52. The van der Waals surface area contributed by atoms with Gasteiger partial charge in [0.2, 0.25) is 0 Å². The SMILES string of the molecule is CCOC(=O)C1=C(C)N=c2s/c(=C\c3ccc(-c4cccc(C(F)(F)F)c4)o3)c(=O)n2[C@@H]1c1ccc(C(C)C)cc1. The fourth-order valence-electron chi connectivity index (χ4n) is 4.73. The summed E-state index contributed by atoms with van der Waals surface area (Å²) in [6, 6.07) is 15.0. The lowest BCUT2D eigenvalue weighted by atomic mass is 9.93. The molecule has 0 spiro atoms. The van der Waals surface area contributed by atoms with E-state index in [2.05, 4.69) is 18.8 Å². The molecule has 1 aliphatic rings. The number of carbonyl (C=O) groups excluding carboxylic acids is 1. The van der Waals surface area contributed by atoms with Crippen LogP contribution in [0.5, 0.6) is 0 Å². The number of furan rings is 1. The van der Waals surface area contributed by atoms with Crippen LogP contribution in [-0.2, 0) is 15.7 Å². The van der Waals surface area contributed by atoms with Crippen molar-refractivity contribution in [1.82, 2.24) is 4.57 Å². The summed E-state index contributed by atoms with van der Waals surface area (Å²) in [4.78, 5) is 31.8. The van der Waals surface area contributed by atoms with E-state index in [9.17, 15) is 22.8 Å². The van der Waals surface area contributed by atoms with Crippen molar-refractivity contribution < 1.29 is 27.1 Å². The number of halogens is 3. The van der Waals surface area contributed by atoms with E-state index in [1.807, 2.05) is 24.3 Å². The van der Waals surface area contributed by atoms with Gasteiger partial charge in [-0.1, -0.05) is 61.6 Å². The van der Waals surface area contributed by atoms with Gasteiger partial charge in [0.1, 0.15) is 11.5 Å². The first-order chi connectivity index (χ1) is 19.5. The summed E-state index contributed by atoms with van der Waals surface area (Å²) in [6.45, 7) is 7.77. The van der Waals surface area contributed by atoms with Crippen LogP contribution < -0.4 is 14.9 Å². The minimum absolute atomic E-state index is 0.172. The van der Waals surface area contributed by atoms with Gasteiger partial charge in [-0.05, 0) is 55.2 Å². The van der Waals surface area contributed by atoms with Crippen LogP contribution in [0.4, 0.5) is 13.2 Å². The third-order valence-electron chi connectivity index (χ3n) is 6.81. The van der Waals surface area contributed by atoms with Crippen molar-refractivity contribution in [2.45, 2.75) is 45.8 Å². The molecule has 5 rings (SSSR count). The maximum atomic E-state index is 13.8. The van der Waals surface area contributed by atoms with Gasteiger partial charge in [-0.15, -0.1) is 0 Å². The topological polar surface area (TPSA) is 73.8 Å². The Hall–Kier alpha value is -4.18. The van der Waals surface area contributed by atoms with E-state index in [-0.39, 0.29) is 29.1 Å². The number of benzene rings is 2. The predicted molar refractivity (Wildman–Crippen MR) is 150 cm³/mol. The van der Waals surface area contributed by atoms with Gasteiger partial charge in [-0.3, -0.25) is 9.36 Å². The van der Waals surface area contributed by atoms with Crippen LogP contribution >= 0.6 is 11.3 Å². The second-order valence-corrected chi connectivity index (χ2v) is 10.9. The van der Waals surface area contributed by atoms with Crippen LogP contribution in [-0.4, -0.2) is 17.1 Å². The highest BCUT2D eigenvalue weighted by atomic mass is 32.1. The van der Waals surface area contributed by atoms with Gasteiger partial charge in [0.25, 0.3) is 5.56 Å². The average molecular weight is 581 g/mol. The van der Waals surface area contributed by atoms with Crippen molar-refractivity contribution in [2.75, 3.05) is 6.61 Å². The molecular weight excluding hydrogens is 553 g/mol. The number of hydrogen-bond acceptors (Lipinski definition) is 6. The zero-order chi connectivity index (χ0) is 29.5. The molecular formula is C31H27F3N2O4S. The molecule has 0 radical (unpaired) electrons. The molecule has 3 heterocycles. The van der Waals surface area contributed by atoms with Crippen LogP contribution in [0.1, 0.15) is 62.1 Å². The summed E-state index contributed by atoms with van der Waals surface area (Å²) < 4.78 is 52.5. The van der Waals surface area contributed by atoms with E-state index in [0.29, 0.717) is 26.7 Å². The molecule has 6 nitrogen and oxygen atoms in total. The number of fused-ring (bicyclic) bond motifs is 1. The lowest BCUT2D eigenvalue weighted by molar-refractivity contribution is -0.139. The van der Waals surface area contributed by atoms with Crippen LogP contribution in [0, 0.1) is 0 Å². The monoisotopic (exact) mass is 580 g/mol. The first kappa shape index (κ1) is 28.4. The minimum Gasteiger partial charge on any atom is -0.463 e. The van der Waals surface area contributed by atoms with Crippen LogP contribution in [0.2, 0.25) is 0 Å². The van der Waals surface area contributed by atoms with Crippen molar-refractivity contribution in [3.05, 3.63) is 114 Å². The summed E-state index contributed by atoms with van der Waals surface area (Å²) in [5.41, 5.74) is 1.71. The molecule has 0 N–H and O–H groups in total. The fourth-order valence-corrected chi connectivity index (χ4v) is 5.76. The van der Waals surface area contributed by atoms with E-state index < -0.39 is 23.8 Å². The van der Waals surface area contributed by atoms with Crippen molar-refractivity contribution in [1.29, 1.82) is 0 Å². The summed E-state index contributed by atoms with van der Waals surface area (Å²) in [7, 11) is 0. The summed E-state index contributed by atoms with van der Waals surface area (Å²) >= 11 is 1.14. The Morgan fingerprint density at radius 3 is 2.54 bits per heavy atom. The highest BCUT2D eigenvalue weighted by molar-refractivity contribution is 7.07. The van der Waals surface area contributed by atoms with Crippen LogP contribution in [0.15, 0.2) is 86.1 Å². The number of nitrogens with zero attached hydrogens (tertiary/aromatic N) is 2. The van der Waals surface area contributed by atoms with Gasteiger partial charge in [0.15, 0.2) is 4.80 Å². The van der Waals surface area contributed by atoms with Gasteiger partial charge in [0.05, 0.1) is 34.0 Å². The standard InChI is InChI=1S/C31H27F3N2O4S/c1-5-39-29(38)26-18(4)35-30-36(27(26)20-11-9-19(10-12-20)17(2)3)28(37)25(41-30)16-23-13-14-24(40-23)21-7-6-8-22(15-21)31(32,33)34/h6-17,27H,5H2,1-4H3/b25-16-/t27-/m1/s1. The molecule has 2 aromatic heterocycles. The number of allylic oxidation sites excluding steroid dienone is 1. The summed E-state index contributed by atoms with van der Waals surface area (Å²) in [5, 5.41) is 0. The number of esters is 1. The lowest BCUT2D eigenvalue weighted by Crippen LogP contribution is -2.39. The van der Waals surface area contributed by atoms with Gasteiger partial charge in [-0.25, -0.2) is 9.79 Å². The molecule has 0 amide bonds. The first-order valence-electron chi connectivity index (χ1n) is 13.0. The molecule has 0 fully saturated rings. The second-order valence-electron chi connectivity index (χ2n) is 9.90. The second kappa shape index (κ2) is 11.0. The lowest BCUT2D eigenvalue weighted by Gasteiger charge is -2.25. The number of thiazole rings is 1. The largest absolute Gasteiger partial charge is 0.463 e. The number of carbonyl (C=O) groups is 1. The Morgan fingerprint density at radius 1 is 1.15 bits per heavy atom. The summed E-state index contributed by atoms with van der Waals surface area (Å²) in [6.07, 6.45) is -2.95. The Morgan fingerprint density at radius 2 is 1.88 bits per heavy atom. The van der Waals surface area contributed by atoms with Crippen molar-refractivity contribution in [3.63, 3.8) is 0 Å². The number of ether oxygens (including phenoxy) is 1.